The molecule has 0 radical (unpaired) electrons. The van der Waals surface area contributed by atoms with E-state index in [0.717, 1.165) is 16.5 Å². The molecule has 1 unspecified atom stereocenters. The Kier molecular flexibility index (Phi) is 7.33. The Morgan fingerprint density at radius 3 is 2.54 bits per heavy atom. The number of pyridine rings is 1. The molecular formula is C20H17N2NaO3. The average Bonchev–Trinajstić information content (AvgIpc) is 2.62. The van der Waals surface area contributed by atoms with Crippen molar-refractivity contribution in [2.24, 2.45) is 5.92 Å². The number of rotatable bonds is 6. The summed E-state index contributed by atoms with van der Waals surface area (Å²) in [6.45, 7) is 0. The monoisotopic (exact) mass is 356 g/mol. The maximum absolute atomic E-state index is 12.2. The van der Waals surface area contributed by atoms with Crippen LogP contribution in [0.2, 0.25) is 0 Å². The van der Waals surface area contributed by atoms with Crippen molar-refractivity contribution in [2.75, 3.05) is 5.32 Å². The van der Waals surface area contributed by atoms with E-state index in [1.54, 1.807) is 12.3 Å². The summed E-state index contributed by atoms with van der Waals surface area (Å²) in [7, 11) is 0. The topological polar surface area (TPSA) is 82.1 Å². The fraction of sp³-hybridized carbons (Fsp3) is 0.150. The Bertz CT molecular complexity index is 900. The van der Waals surface area contributed by atoms with E-state index in [2.05, 4.69) is 10.3 Å². The van der Waals surface area contributed by atoms with Gasteiger partial charge in [-0.1, -0.05) is 36.4 Å². The van der Waals surface area contributed by atoms with Crippen LogP contribution >= 0.6 is 0 Å². The fourth-order valence-electron chi connectivity index (χ4n) is 2.73. The number of nitrogens with one attached hydrogen (secondary N) is 1. The molecule has 0 spiro atoms. The van der Waals surface area contributed by atoms with E-state index in [4.69, 9.17) is 0 Å². The third-order valence-corrected chi connectivity index (χ3v) is 3.98. The summed E-state index contributed by atoms with van der Waals surface area (Å²) in [6, 6.07) is 18.3. The van der Waals surface area contributed by atoms with Gasteiger partial charge < -0.3 is 15.2 Å². The predicted octanol–water partition coefficient (Wildman–Crippen LogP) is -0.824. The Balaban J connectivity index is 0.00000243. The molecule has 3 rings (SSSR count). The smallest absolute Gasteiger partial charge is 0.550 e. The van der Waals surface area contributed by atoms with Crippen molar-refractivity contribution in [2.45, 2.75) is 12.8 Å². The van der Waals surface area contributed by atoms with Crippen molar-refractivity contribution in [3.63, 3.8) is 0 Å². The SMILES string of the molecule is O=C(CC(Cc1ccccc1)C(=O)[O-])Nc1ccc2ncccc2c1.[Na+]. The number of benzene rings is 2. The average molecular weight is 356 g/mol. The minimum atomic E-state index is -1.22. The van der Waals surface area contributed by atoms with Crippen LogP contribution in [0.25, 0.3) is 10.9 Å². The van der Waals surface area contributed by atoms with Crippen LogP contribution in [0.4, 0.5) is 5.69 Å². The molecule has 0 bridgehead atoms. The maximum Gasteiger partial charge on any atom is 1.00 e. The van der Waals surface area contributed by atoms with Crippen molar-refractivity contribution in [3.8, 4) is 0 Å². The molecule has 0 fully saturated rings. The molecular weight excluding hydrogens is 339 g/mol. The molecule has 0 saturated heterocycles. The fourth-order valence-corrected chi connectivity index (χ4v) is 2.73. The minimum Gasteiger partial charge on any atom is -0.550 e. The van der Waals surface area contributed by atoms with Crippen molar-refractivity contribution in [1.82, 2.24) is 4.98 Å². The Hall–Kier alpha value is -2.21. The van der Waals surface area contributed by atoms with E-state index in [1.165, 1.54) is 0 Å². The first kappa shape index (κ1) is 20.1. The number of hydrogen-bond acceptors (Lipinski definition) is 4. The molecule has 26 heavy (non-hydrogen) atoms. The van der Waals surface area contributed by atoms with Gasteiger partial charge in [-0.25, -0.2) is 0 Å². The zero-order chi connectivity index (χ0) is 17.6. The standard InChI is InChI=1S/C20H18N2O3.Na/c23-19(13-16(20(24)25)11-14-5-2-1-3-6-14)22-17-8-9-18-15(12-17)7-4-10-21-18;/h1-10,12,16H,11,13H2,(H,22,23)(H,24,25);/q;+1/p-1. The first-order chi connectivity index (χ1) is 12.1. The molecule has 1 heterocycles. The van der Waals surface area contributed by atoms with Gasteiger partial charge in [0.15, 0.2) is 0 Å². The van der Waals surface area contributed by atoms with Crippen molar-refractivity contribution < 1.29 is 44.3 Å². The van der Waals surface area contributed by atoms with Gasteiger partial charge in [0.2, 0.25) is 5.91 Å². The minimum absolute atomic E-state index is 0. The second-order valence-corrected chi connectivity index (χ2v) is 5.87. The summed E-state index contributed by atoms with van der Waals surface area (Å²) in [5, 5.41) is 15.0. The summed E-state index contributed by atoms with van der Waals surface area (Å²) >= 11 is 0. The molecule has 2 aromatic carbocycles. The molecule has 0 saturated carbocycles. The number of nitrogens with zero attached hydrogens (tertiary/aromatic N) is 1. The maximum atomic E-state index is 12.2. The second kappa shape index (κ2) is 9.48. The Morgan fingerprint density at radius 2 is 1.81 bits per heavy atom. The number of carbonyl (C=O) groups is 2. The second-order valence-electron chi connectivity index (χ2n) is 5.87. The van der Waals surface area contributed by atoms with E-state index < -0.39 is 11.9 Å². The zero-order valence-electron chi connectivity index (χ0n) is 14.5. The van der Waals surface area contributed by atoms with Gasteiger partial charge in [-0.2, -0.15) is 0 Å². The van der Waals surface area contributed by atoms with Crippen molar-refractivity contribution in [1.29, 1.82) is 0 Å². The molecule has 1 N–H and O–H groups in total. The molecule has 0 aliphatic heterocycles. The third-order valence-electron chi connectivity index (χ3n) is 3.98. The largest absolute Gasteiger partial charge is 1.00 e. The van der Waals surface area contributed by atoms with Gasteiger partial charge in [0, 0.05) is 35.6 Å². The Morgan fingerprint density at radius 1 is 1.04 bits per heavy atom. The third kappa shape index (κ3) is 5.39. The van der Waals surface area contributed by atoms with E-state index in [1.807, 2.05) is 54.6 Å². The molecule has 5 nitrogen and oxygen atoms in total. The van der Waals surface area contributed by atoms with Gasteiger partial charge in [0.05, 0.1) is 5.52 Å². The molecule has 126 valence electrons. The molecule has 6 heteroatoms. The number of anilines is 1. The number of aliphatic carboxylic acids is 1. The molecule has 1 aromatic heterocycles. The number of fused-ring (bicyclic) bond motifs is 1. The number of carbonyl (C=O) groups excluding carboxylic acids is 2. The van der Waals surface area contributed by atoms with Gasteiger partial charge in [-0.3, -0.25) is 9.78 Å². The summed E-state index contributed by atoms with van der Waals surface area (Å²) in [4.78, 5) is 27.8. The van der Waals surface area contributed by atoms with Crippen LogP contribution in [0, 0.1) is 5.92 Å². The van der Waals surface area contributed by atoms with Crippen LogP contribution in [-0.2, 0) is 16.0 Å². The van der Waals surface area contributed by atoms with E-state index in [0.29, 0.717) is 5.69 Å². The van der Waals surface area contributed by atoms with Gasteiger partial charge in [-0.05, 0) is 36.2 Å². The summed E-state index contributed by atoms with van der Waals surface area (Å²) < 4.78 is 0. The van der Waals surface area contributed by atoms with E-state index in [-0.39, 0.29) is 48.3 Å². The van der Waals surface area contributed by atoms with Crippen molar-refractivity contribution >= 4 is 28.5 Å². The van der Waals surface area contributed by atoms with Gasteiger partial charge in [0.1, 0.15) is 0 Å². The Labute approximate surface area is 173 Å². The van der Waals surface area contributed by atoms with Crippen LogP contribution in [0.5, 0.6) is 0 Å². The van der Waals surface area contributed by atoms with Crippen LogP contribution in [0.3, 0.4) is 0 Å². The molecule has 1 amide bonds. The first-order valence-electron chi connectivity index (χ1n) is 8.01. The van der Waals surface area contributed by atoms with E-state index >= 15 is 0 Å². The van der Waals surface area contributed by atoms with Crippen LogP contribution in [-0.4, -0.2) is 16.9 Å². The molecule has 3 aromatic rings. The number of hydrogen-bond donors (Lipinski definition) is 1. The normalized spacial score (nSPS) is 11.4. The number of aromatic nitrogens is 1. The van der Waals surface area contributed by atoms with Crippen LogP contribution in [0.15, 0.2) is 66.9 Å². The summed E-state index contributed by atoms with van der Waals surface area (Å²) in [5.41, 5.74) is 2.31. The zero-order valence-corrected chi connectivity index (χ0v) is 16.5. The van der Waals surface area contributed by atoms with E-state index in [9.17, 15) is 14.7 Å². The van der Waals surface area contributed by atoms with Crippen molar-refractivity contribution in [3.05, 3.63) is 72.4 Å². The molecule has 1 atom stereocenters. The molecule has 0 aliphatic carbocycles. The van der Waals surface area contributed by atoms with Crippen LogP contribution < -0.4 is 40.0 Å². The quantitative estimate of drug-likeness (QED) is 0.585. The first-order valence-corrected chi connectivity index (χ1v) is 8.01. The summed E-state index contributed by atoms with van der Waals surface area (Å²) in [6.07, 6.45) is 1.83. The van der Waals surface area contributed by atoms with Gasteiger partial charge in [0.25, 0.3) is 0 Å². The predicted molar refractivity (Wildman–Crippen MR) is 93.6 cm³/mol. The van der Waals surface area contributed by atoms with Gasteiger partial charge in [-0.15, -0.1) is 0 Å². The number of amides is 1. The van der Waals surface area contributed by atoms with Gasteiger partial charge >= 0.3 is 29.6 Å². The number of carboxylic acid groups (broad SMARTS) is 1. The summed E-state index contributed by atoms with van der Waals surface area (Å²) in [5.74, 6) is -2.44. The number of carboxylic acids is 1. The molecule has 0 aliphatic rings. The van der Waals surface area contributed by atoms with Crippen LogP contribution in [0.1, 0.15) is 12.0 Å².